The van der Waals surface area contributed by atoms with Crippen molar-refractivity contribution in [3.63, 3.8) is 0 Å². The quantitative estimate of drug-likeness (QED) is 0.0696. The van der Waals surface area contributed by atoms with Gasteiger partial charge in [-0.2, -0.15) is 0 Å². The van der Waals surface area contributed by atoms with E-state index in [0.29, 0.717) is 22.3 Å². The molecule has 16 heteroatoms. The molecule has 5 aromatic carbocycles. The van der Waals surface area contributed by atoms with Gasteiger partial charge in [0.05, 0.1) is 12.0 Å². The van der Waals surface area contributed by atoms with E-state index >= 15 is 0 Å². The first-order chi connectivity index (χ1) is 32.9. The zero-order valence-corrected chi connectivity index (χ0v) is 37.4. The van der Waals surface area contributed by atoms with Gasteiger partial charge in [-0.15, -0.1) is 11.3 Å². The van der Waals surface area contributed by atoms with Crippen molar-refractivity contribution in [2.24, 2.45) is 0 Å². The molecule has 68 heavy (non-hydrogen) atoms. The second-order valence-electron chi connectivity index (χ2n) is 16.3. The smallest absolute Gasteiger partial charge is 0.338 e. The summed E-state index contributed by atoms with van der Waals surface area (Å²) in [6, 6.07) is 36.5. The number of esters is 1. The van der Waals surface area contributed by atoms with Crippen LogP contribution in [-0.4, -0.2) is 82.0 Å². The Morgan fingerprint density at radius 2 is 1.10 bits per heavy atom. The van der Waals surface area contributed by atoms with E-state index in [1.165, 1.54) is 23.5 Å². The number of carbonyl (C=O) groups is 7. The summed E-state index contributed by atoms with van der Waals surface area (Å²) in [6.45, 7) is 0.137. The van der Waals surface area contributed by atoms with Gasteiger partial charge in [0.1, 0.15) is 36.9 Å². The summed E-state index contributed by atoms with van der Waals surface area (Å²) in [7, 11) is 0. The summed E-state index contributed by atoms with van der Waals surface area (Å²) in [5.41, 5.74) is 4.84. The van der Waals surface area contributed by atoms with Gasteiger partial charge in [0.15, 0.2) is 0 Å². The number of nitrogens with one attached hydrogen (secondary N) is 5. The molecule has 0 saturated heterocycles. The maximum Gasteiger partial charge on any atom is 0.338 e. The highest BCUT2D eigenvalue weighted by molar-refractivity contribution is 7.09. The molecular formula is C52H49N5O10S. The van der Waals surface area contributed by atoms with Gasteiger partial charge in [0, 0.05) is 36.2 Å². The maximum absolute atomic E-state index is 14.6. The van der Waals surface area contributed by atoms with E-state index in [9.17, 15) is 43.8 Å². The Balaban J connectivity index is 1.17. The highest BCUT2D eigenvalue weighted by Crippen LogP contribution is 2.22. The normalized spacial score (nSPS) is 19.5. The van der Waals surface area contributed by atoms with E-state index in [-0.39, 0.29) is 38.0 Å². The molecular weight excluding hydrogens is 887 g/mol. The van der Waals surface area contributed by atoms with Gasteiger partial charge >= 0.3 is 11.9 Å². The minimum atomic E-state index is -1.80. The lowest BCUT2D eigenvalue weighted by atomic mass is 9.98. The van der Waals surface area contributed by atoms with Gasteiger partial charge in [-0.25, -0.2) is 9.59 Å². The molecule has 0 aliphatic carbocycles. The van der Waals surface area contributed by atoms with Gasteiger partial charge in [0.2, 0.25) is 23.6 Å². The second kappa shape index (κ2) is 23.0. The number of aliphatic carboxylic acids is 1. The van der Waals surface area contributed by atoms with Crippen molar-refractivity contribution in [1.82, 2.24) is 21.3 Å². The average Bonchev–Trinajstić information content (AvgIpc) is 3.86. The van der Waals surface area contributed by atoms with Crippen molar-refractivity contribution in [3.8, 4) is 11.1 Å². The van der Waals surface area contributed by atoms with Crippen LogP contribution in [0.15, 0.2) is 151 Å². The maximum atomic E-state index is 14.6. The number of carboxylic acid groups (broad SMARTS) is 1. The Morgan fingerprint density at radius 1 is 0.559 bits per heavy atom. The molecule has 7 N–H and O–H groups in total. The number of thiophene rings is 1. The Labute approximate surface area is 396 Å². The molecule has 6 aromatic rings. The number of aliphatic hydroxyl groups excluding tert-OH is 1. The molecule has 348 valence electrons. The fourth-order valence-electron chi connectivity index (χ4n) is 7.51. The highest BCUT2D eigenvalue weighted by atomic mass is 32.1. The molecule has 8 rings (SSSR count). The molecule has 5 unspecified atom stereocenters. The van der Waals surface area contributed by atoms with Crippen molar-refractivity contribution in [3.05, 3.63) is 184 Å². The lowest BCUT2D eigenvalue weighted by molar-refractivity contribution is -0.142. The molecule has 15 nitrogen and oxygen atoms in total. The van der Waals surface area contributed by atoms with Crippen LogP contribution in [0.4, 0.5) is 5.69 Å². The summed E-state index contributed by atoms with van der Waals surface area (Å²) in [5, 5.41) is 36.0. The molecule has 3 heterocycles. The van der Waals surface area contributed by atoms with Crippen LogP contribution in [0, 0.1) is 0 Å². The number of aliphatic hydroxyl groups is 1. The first-order valence-corrected chi connectivity index (χ1v) is 22.7. The number of rotatable bonds is 11. The minimum absolute atomic E-state index is 0.00602. The fraction of sp³-hybridized carbons (Fsp3) is 0.212. The number of hydrogen-bond acceptors (Lipinski definition) is 10. The summed E-state index contributed by atoms with van der Waals surface area (Å²) in [4.78, 5) is 95.4. The first-order valence-electron chi connectivity index (χ1n) is 21.8. The fourth-order valence-corrected chi connectivity index (χ4v) is 8.26. The number of carbonyl (C=O) groups excluding carboxylic acids is 6. The van der Waals surface area contributed by atoms with Crippen molar-refractivity contribution >= 4 is 58.5 Å². The van der Waals surface area contributed by atoms with Crippen LogP contribution >= 0.6 is 11.3 Å². The van der Waals surface area contributed by atoms with Crippen LogP contribution in [-0.2, 0) is 65.8 Å². The summed E-state index contributed by atoms with van der Waals surface area (Å²) in [6.07, 6.45) is -2.76. The molecule has 0 spiro atoms. The zero-order valence-electron chi connectivity index (χ0n) is 36.6. The number of ether oxygens (including phenoxy) is 1. The van der Waals surface area contributed by atoms with Crippen molar-refractivity contribution in [2.75, 3.05) is 5.32 Å². The summed E-state index contributed by atoms with van der Waals surface area (Å²) < 4.78 is 5.47. The van der Waals surface area contributed by atoms with Crippen molar-refractivity contribution < 1.29 is 48.5 Å². The highest BCUT2D eigenvalue weighted by Gasteiger charge is 2.33. The van der Waals surface area contributed by atoms with Crippen LogP contribution < -0.4 is 26.6 Å². The van der Waals surface area contributed by atoms with Crippen LogP contribution in [0.5, 0.6) is 0 Å². The lowest BCUT2D eigenvalue weighted by Crippen LogP contribution is -2.59. The van der Waals surface area contributed by atoms with E-state index in [1.807, 2.05) is 42.5 Å². The standard InChI is InChI=1S/C52H49N5O10S/c58-45-30-46(59)54-43(29-40-12-7-25-68-40)49(62)56-42(27-33-13-17-36(18-14-33)37-19-21-38(22-20-37)52(66)67-31-35-10-5-2-6-11-35)47(60)55-41(26-32-8-3-1-4-9-32)48(61)57-44(51(64)65)28-34-15-23-39(24-16-34)53-50(45)63/h1-25,41-45,58H,26-31H2,(H,53,63)(H,54,59)(H,55,60)(H,56,62)(H,57,61)(H,64,65). The average molecular weight is 936 g/mol. The monoisotopic (exact) mass is 935 g/mol. The Morgan fingerprint density at radius 3 is 1.68 bits per heavy atom. The molecule has 2 bridgehead atoms. The zero-order chi connectivity index (χ0) is 48.0. The van der Waals surface area contributed by atoms with Gasteiger partial charge in [0.25, 0.3) is 5.91 Å². The number of benzene rings is 5. The summed E-state index contributed by atoms with van der Waals surface area (Å²) in [5.74, 6) is -5.81. The Hall–Kier alpha value is -7.95. The molecule has 2 aliphatic rings. The number of hydrogen-bond donors (Lipinski definition) is 7. The van der Waals surface area contributed by atoms with Crippen LogP contribution in [0.1, 0.15) is 43.9 Å². The SMILES string of the molecule is O=C1CC(O)C(=O)Nc2ccc(cc2)CC(C(=O)O)NC(=O)C(Cc2ccccc2)NC(=O)C(Cc2ccc(-c3ccc(C(=O)OCc4ccccc4)cc3)cc2)NC(=O)C(Cc2cccs2)N1. The molecule has 0 radical (unpaired) electrons. The van der Waals surface area contributed by atoms with Crippen LogP contribution in [0.3, 0.4) is 0 Å². The molecule has 0 fully saturated rings. The second-order valence-corrected chi connectivity index (χ2v) is 17.3. The topological polar surface area (TPSA) is 229 Å². The number of anilines is 1. The number of carboxylic acids is 1. The predicted molar refractivity (Wildman–Crippen MR) is 254 cm³/mol. The number of fused-ring (bicyclic) bond motifs is 18. The molecule has 1 aromatic heterocycles. The van der Waals surface area contributed by atoms with E-state index in [4.69, 9.17) is 4.74 Å². The van der Waals surface area contributed by atoms with Crippen LogP contribution in [0.2, 0.25) is 0 Å². The van der Waals surface area contributed by atoms with E-state index in [0.717, 1.165) is 21.6 Å². The third kappa shape index (κ3) is 13.6. The largest absolute Gasteiger partial charge is 0.480 e. The third-order valence-corrected chi connectivity index (χ3v) is 12.1. The van der Waals surface area contributed by atoms with E-state index in [1.54, 1.807) is 96.4 Å². The van der Waals surface area contributed by atoms with Gasteiger partial charge < -0.3 is 41.5 Å². The van der Waals surface area contributed by atoms with E-state index in [2.05, 4.69) is 26.6 Å². The molecule has 0 saturated carbocycles. The van der Waals surface area contributed by atoms with Gasteiger partial charge in [-0.3, -0.25) is 24.0 Å². The molecule has 5 amide bonds. The van der Waals surface area contributed by atoms with Crippen molar-refractivity contribution in [1.29, 1.82) is 0 Å². The van der Waals surface area contributed by atoms with Gasteiger partial charge in [-0.05, 0) is 69.1 Å². The number of amides is 5. The first kappa shape index (κ1) is 48.0. The van der Waals surface area contributed by atoms with E-state index < -0.39 is 78.2 Å². The molecule has 5 atom stereocenters. The third-order valence-electron chi connectivity index (χ3n) is 11.2. The Bertz CT molecular complexity index is 2700. The minimum Gasteiger partial charge on any atom is -0.480 e. The van der Waals surface area contributed by atoms with Crippen LogP contribution in [0.25, 0.3) is 11.1 Å². The van der Waals surface area contributed by atoms with Crippen molar-refractivity contribution in [2.45, 2.75) is 69.0 Å². The lowest BCUT2D eigenvalue weighted by Gasteiger charge is -2.26. The van der Waals surface area contributed by atoms with Gasteiger partial charge in [-0.1, -0.05) is 115 Å². The predicted octanol–water partition coefficient (Wildman–Crippen LogP) is 4.77. The Kier molecular flexibility index (Phi) is 16.2. The molecule has 2 aliphatic heterocycles. The summed E-state index contributed by atoms with van der Waals surface area (Å²) >= 11 is 1.34.